The van der Waals surface area contributed by atoms with Crippen LogP contribution in [-0.4, -0.2) is 11.4 Å². The molecule has 1 aromatic carbocycles. The van der Waals surface area contributed by atoms with Gasteiger partial charge in [0.05, 0.1) is 6.21 Å². The molecule has 0 aliphatic heterocycles. The number of benzene rings is 1. The molecule has 2 nitrogen and oxygen atoms in total. The summed E-state index contributed by atoms with van der Waals surface area (Å²) >= 11 is 4.13. The summed E-state index contributed by atoms with van der Waals surface area (Å²) in [4.78, 5) is 0.806. The number of oxime groups is 1. The van der Waals surface area contributed by atoms with E-state index in [2.05, 4.69) is 17.8 Å². The summed E-state index contributed by atoms with van der Waals surface area (Å²) in [5, 5.41) is 11.1. The van der Waals surface area contributed by atoms with Gasteiger partial charge in [-0.15, -0.1) is 12.6 Å². The second kappa shape index (κ2) is 3.27. The fraction of sp³-hybridized carbons (Fsp3) is 0. The van der Waals surface area contributed by atoms with Crippen LogP contribution in [0.1, 0.15) is 5.56 Å². The van der Waals surface area contributed by atoms with Crippen LogP contribution in [0.4, 0.5) is 0 Å². The zero-order valence-electron chi connectivity index (χ0n) is 5.23. The molecule has 0 heterocycles. The van der Waals surface area contributed by atoms with Gasteiger partial charge in [-0.2, -0.15) is 0 Å². The van der Waals surface area contributed by atoms with Crippen molar-refractivity contribution in [2.75, 3.05) is 0 Å². The van der Waals surface area contributed by atoms with Crippen molar-refractivity contribution in [1.29, 1.82) is 0 Å². The van der Waals surface area contributed by atoms with E-state index in [4.69, 9.17) is 5.21 Å². The number of hydrogen-bond acceptors (Lipinski definition) is 3. The van der Waals surface area contributed by atoms with Gasteiger partial charge in [0, 0.05) is 10.5 Å². The van der Waals surface area contributed by atoms with Crippen LogP contribution in [0, 0.1) is 0 Å². The lowest BCUT2D eigenvalue weighted by Gasteiger charge is -1.93. The van der Waals surface area contributed by atoms with E-state index in [1.54, 1.807) is 0 Å². The van der Waals surface area contributed by atoms with Crippen LogP contribution >= 0.6 is 12.6 Å². The van der Waals surface area contributed by atoms with E-state index >= 15 is 0 Å². The molecule has 10 heavy (non-hydrogen) atoms. The highest BCUT2D eigenvalue weighted by Crippen LogP contribution is 2.09. The van der Waals surface area contributed by atoms with Crippen molar-refractivity contribution in [2.45, 2.75) is 4.90 Å². The monoisotopic (exact) mass is 153 g/mol. The first-order chi connectivity index (χ1) is 4.84. The highest BCUT2D eigenvalue weighted by molar-refractivity contribution is 7.80. The minimum atomic E-state index is 0.806. The van der Waals surface area contributed by atoms with Crippen LogP contribution < -0.4 is 0 Å². The molecule has 52 valence electrons. The first-order valence-electron chi connectivity index (χ1n) is 2.80. The standard InChI is InChI=1S/C7H7NOS/c9-8-5-6-3-1-2-4-7(6)10/h1-5,9-10H/b8-5-. The number of nitrogens with zero attached hydrogens (tertiary/aromatic N) is 1. The van der Waals surface area contributed by atoms with Gasteiger partial charge in [0.15, 0.2) is 0 Å². The molecule has 0 saturated heterocycles. The Morgan fingerprint density at radius 1 is 1.40 bits per heavy atom. The van der Waals surface area contributed by atoms with Gasteiger partial charge in [0.1, 0.15) is 0 Å². The summed E-state index contributed by atoms with van der Waals surface area (Å²) < 4.78 is 0. The lowest BCUT2D eigenvalue weighted by molar-refractivity contribution is 0.322. The maximum Gasteiger partial charge on any atom is 0.0744 e. The molecule has 1 aromatic rings. The van der Waals surface area contributed by atoms with Crippen molar-refractivity contribution >= 4 is 18.8 Å². The SMILES string of the molecule is O/N=C\c1ccccc1S. The quantitative estimate of drug-likeness (QED) is 0.274. The molecule has 1 rings (SSSR count). The van der Waals surface area contributed by atoms with Gasteiger partial charge < -0.3 is 5.21 Å². The molecular weight excluding hydrogens is 146 g/mol. The highest BCUT2D eigenvalue weighted by Gasteiger charge is 1.90. The topological polar surface area (TPSA) is 32.6 Å². The molecular formula is C7H7NOS. The summed E-state index contributed by atoms with van der Waals surface area (Å²) in [6.45, 7) is 0. The van der Waals surface area contributed by atoms with Crippen molar-refractivity contribution < 1.29 is 5.21 Å². The minimum Gasteiger partial charge on any atom is -0.411 e. The molecule has 0 aliphatic carbocycles. The fourth-order valence-corrected chi connectivity index (χ4v) is 0.877. The molecule has 0 radical (unpaired) electrons. The van der Waals surface area contributed by atoms with Crippen molar-refractivity contribution in [2.24, 2.45) is 5.16 Å². The zero-order chi connectivity index (χ0) is 7.40. The van der Waals surface area contributed by atoms with E-state index in [0.29, 0.717) is 0 Å². The summed E-state index contributed by atoms with van der Waals surface area (Å²) in [7, 11) is 0. The number of hydrogen-bond donors (Lipinski definition) is 2. The molecule has 1 N–H and O–H groups in total. The maximum atomic E-state index is 8.18. The van der Waals surface area contributed by atoms with Crippen molar-refractivity contribution in [3.05, 3.63) is 29.8 Å². The Morgan fingerprint density at radius 3 is 2.70 bits per heavy atom. The van der Waals surface area contributed by atoms with E-state index in [0.717, 1.165) is 10.5 Å². The summed E-state index contributed by atoms with van der Waals surface area (Å²) in [5.74, 6) is 0. The van der Waals surface area contributed by atoms with Crippen molar-refractivity contribution in [1.82, 2.24) is 0 Å². The van der Waals surface area contributed by atoms with Crippen LogP contribution in [0.2, 0.25) is 0 Å². The molecule has 0 aromatic heterocycles. The Morgan fingerprint density at radius 2 is 2.10 bits per heavy atom. The van der Waals surface area contributed by atoms with E-state index in [1.165, 1.54) is 6.21 Å². The third-order valence-corrected chi connectivity index (χ3v) is 1.54. The average molecular weight is 153 g/mol. The second-order valence-corrected chi connectivity index (χ2v) is 2.29. The smallest absolute Gasteiger partial charge is 0.0744 e. The van der Waals surface area contributed by atoms with Gasteiger partial charge in [0.2, 0.25) is 0 Å². The van der Waals surface area contributed by atoms with Crippen LogP contribution in [0.25, 0.3) is 0 Å². The highest BCUT2D eigenvalue weighted by atomic mass is 32.1. The molecule has 0 aliphatic rings. The summed E-state index contributed by atoms with van der Waals surface area (Å²) in [6.07, 6.45) is 1.35. The van der Waals surface area contributed by atoms with Crippen LogP contribution in [0.5, 0.6) is 0 Å². The lowest BCUT2D eigenvalue weighted by atomic mass is 10.2. The van der Waals surface area contributed by atoms with Crippen LogP contribution in [0.15, 0.2) is 34.3 Å². The molecule has 0 saturated carbocycles. The lowest BCUT2D eigenvalue weighted by Crippen LogP contribution is -1.81. The Labute approximate surface area is 64.6 Å². The third kappa shape index (κ3) is 1.51. The Balaban J connectivity index is 3.03. The summed E-state index contributed by atoms with van der Waals surface area (Å²) in [5.41, 5.74) is 0.813. The predicted molar refractivity (Wildman–Crippen MR) is 43.1 cm³/mol. The van der Waals surface area contributed by atoms with Gasteiger partial charge in [-0.1, -0.05) is 23.4 Å². The molecule has 0 amide bonds. The fourth-order valence-electron chi connectivity index (χ4n) is 0.659. The van der Waals surface area contributed by atoms with E-state index in [1.807, 2.05) is 24.3 Å². The molecule has 3 heteroatoms. The van der Waals surface area contributed by atoms with E-state index in [9.17, 15) is 0 Å². The predicted octanol–water partition coefficient (Wildman–Crippen LogP) is 1.78. The zero-order valence-corrected chi connectivity index (χ0v) is 6.12. The molecule has 0 bridgehead atoms. The Kier molecular flexibility index (Phi) is 2.34. The van der Waals surface area contributed by atoms with Crippen molar-refractivity contribution in [3.8, 4) is 0 Å². The van der Waals surface area contributed by atoms with E-state index < -0.39 is 0 Å². The Hall–Kier alpha value is -0.960. The first kappa shape index (κ1) is 7.15. The molecule has 0 spiro atoms. The van der Waals surface area contributed by atoms with Crippen molar-refractivity contribution in [3.63, 3.8) is 0 Å². The molecule has 0 atom stereocenters. The van der Waals surface area contributed by atoms with Crippen LogP contribution in [0.3, 0.4) is 0 Å². The van der Waals surface area contributed by atoms with Gasteiger partial charge in [-0.05, 0) is 6.07 Å². The normalized spacial score (nSPS) is 10.5. The average Bonchev–Trinajstić information content (AvgIpc) is 1.94. The molecule has 0 unspecified atom stereocenters. The van der Waals surface area contributed by atoms with Crippen LogP contribution in [-0.2, 0) is 0 Å². The van der Waals surface area contributed by atoms with Gasteiger partial charge in [0.25, 0.3) is 0 Å². The minimum absolute atomic E-state index is 0.806. The second-order valence-electron chi connectivity index (χ2n) is 1.80. The van der Waals surface area contributed by atoms with Gasteiger partial charge in [-0.3, -0.25) is 0 Å². The van der Waals surface area contributed by atoms with Gasteiger partial charge >= 0.3 is 0 Å². The number of rotatable bonds is 1. The summed E-state index contributed by atoms with van der Waals surface area (Å²) in [6, 6.07) is 7.38. The molecule has 0 fully saturated rings. The van der Waals surface area contributed by atoms with Gasteiger partial charge in [-0.25, -0.2) is 0 Å². The maximum absolute atomic E-state index is 8.18. The Bertz CT molecular complexity index is 247. The first-order valence-corrected chi connectivity index (χ1v) is 3.25. The third-order valence-electron chi connectivity index (χ3n) is 1.13. The largest absolute Gasteiger partial charge is 0.411 e. The number of thiol groups is 1. The van der Waals surface area contributed by atoms with E-state index in [-0.39, 0.29) is 0 Å².